The van der Waals surface area contributed by atoms with E-state index in [9.17, 15) is 10.1 Å². The maximum atomic E-state index is 12.6. The van der Waals surface area contributed by atoms with E-state index in [-0.39, 0.29) is 18.2 Å². The van der Waals surface area contributed by atoms with Gasteiger partial charge in [-0.05, 0) is 52.8 Å². The number of fused-ring (bicyclic) bond motifs is 1. The molecule has 27 heavy (non-hydrogen) atoms. The van der Waals surface area contributed by atoms with Crippen LogP contribution < -0.4 is 4.90 Å². The van der Waals surface area contributed by atoms with Crippen molar-refractivity contribution in [1.29, 1.82) is 5.26 Å². The van der Waals surface area contributed by atoms with Crippen LogP contribution in [0.2, 0.25) is 0 Å². The summed E-state index contributed by atoms with van der Waals surface area (Å²) in [5.41, 5.74) is 1.94. The van der Waals surface area contributed by atoms with Crippen LogP contribution in [0.4, 0.5) is 10.5 Å². The summed E-state index contributed by atoms with van der Waals surface area (Å²) in [7, 11) is 0. The molecule has 0 bridgehead atoms. The molecule has 0 saturated carbocycles. The van der Waals surface area contributed by atoms with E-state index in [4.69, 9.17) is 4.74 Å². The number of pyridine rings is 1. The van der Waals surface area contributed by atoms with Crippen molar-refractivity contribution in [3.05, 3.63) is 36.0 Å². The zero-order valence-corrected chi connectivity index (χ0v) is 16.6. The fraction of sp³-hybridized carbons (Fsp3) is 0.476. The fourth-order valence-corrected chi connectivity index (χ4v) is 3.66. The molecule has 1 fully saturated rings. The van der Waals surface area contributed by atoms with Crippen LogP contribution in [0.25, 0.3) is 10.9 Å². The van der Waals surface area contributed by atoms with Crippen molar-refractivity contribution in [3.63, 3.8) is 0 Å². The van der Waals surface area contributed by atoms with Crippen molar-refractivity contribution >= 4 is 22.7 Å². The van der Waals surface area contributed by atoms with Crippen molar-refractivity contribution < 1.29 is 9.53 Å². The molecule has 1 aromatic carbocycles. The van der Waals surface area contributed by atoms with Gasteiger partial charge in [-0.3, -0.25) is 9.88 Å². The SMILES string of the molecule is C[C@@H]1CN(c2cccc3ncc(C#N)cc23)C[C@H](C)N1C(=O)OC(C)(C)C. The fourth-order valence-electron chi connectivity index (χ4n) is 3.66. The Bertz CT molecular complexity index is 885. The van der Waals surface area contributed by atoms with Crippen LogP contribution in [-0.2, 0) is 4.74 Å². The molecule has 1 aromatic heterocycles. The minimum absolute atomic E-state index is 0.00552. The van der Waals surface area contributed by atoms with Crippen molar-refractivity contribution in [2.24, 2.45) is 0 Å². The predicted octanol–water partition coefficient (Wildman–Crippen LogP) is 3.94. The molecule has 0 spiro atoms. The molecule has 0 unspecified atom stereocenters. The first-order valence-electron chi connectivity index (χ1n) is 9.25. The van der Waals surface area contributed by atoms with Gasteiger partial charge in [0.1, 0.15) is 11.7 Å². The molecule has 1 aliphatic rings. The Morgan fingerprint density at radius 3 is 2.52 bits per heavy atom. The van der Waals surface area contributed by atoms with E-state index in [0.29, 0.717) is 18.7 Å². The number of nitriles is 1. The molecule has 0 radical (unpaired) electrons. The Hall–Kier alpha value is -2.81. The lowest BCUT2D eigenvalue weighted by Crippen LogP contribution is -2.59. The van der Waals surface area contributed by atoms with Gasteiger partial charge in [0, 0.05) is 30.4 Å². The molecule has 142 valence electrons. The second-order valence-electron chi connectivity index (χ2n) is 8.17. The molecule has 6 nitrogen and oxygen atoms in total. The quantitative estimate of drug-likeness (QED) is 0.764. The van der Waals surface area contributed by atoms with E-state index in [1.807, 2.05) is 63.8 Å². The summed E-state index contributed by atoms with van der Waals surface area (Å²) in [6, 6.07) is 10.0. The summed E-state index contributed by atoms with van der Waals surface area (Å²) < 4.78 is 5.58. The third-order valence-electron chi connectivity index (χ3n) is 4.70. The molecule has 0 N–H and O–H groups in total. The number of hydrogen-bond donors (Lipinski definition) is 0. The van der Waals surface area contributed by atoms with Gasteiger partial charge in [-0.1, -0.05) is 6.07 Å². The minimum Gasteiger partial charge on any atom is -0.444 e. The first-order chi connectivity index (χ1) is 12.7. The van der Waals surface area contributed by atoms with Gasteiger partial charge in [-0.2, -0.15) is 5.26 Å². The van der Waals surface area contributed by atoms with Gasteiger partial charge in [0.15, 0.2) is 0 Å². The second-order valence-corrected chi connectivity index (χ2v) is 8.17. The highest BCUT2D eigenvalue weighted by Gasteiger charge is 2.36. The van der Waals surface area contributed by atoms with Crippen molar-refractivity contribution in [2.45, 2.75) is 52.3 Å². The van der Waals surface area contributed by atoms with Gasteiger partial charge in [0.05, 0.1) is 23.2 Å². The Balaban J connectivity index is 1.88. The number of piperazine rings is 1. The summed E-state index contributed by atoms with van der Waals surface area (Å²) in [6.45, 7) is 11.1. The third kappa shape index (κ3) is 3.97. The van der Waals surface area contributed by atoms with Gasteiger partial charge in [-0.25, -0.2) is 4.79 Å². The van der Waals surface area contributed by atoms with E-state index in [1.54, 1.807) is 6.20 Å². The molecule has 2 heterocycles. The largest absolute Gasteiger partial charge is 0.444 e. The zero-order valence-electron chi connectivity index (χ0n) is 16.6. The second kappa shape index (κ2) is 7.07. The van der Waals surface area contributed by atoms with Crippen molar-refractivity contribution in [2.75, 3.05) is 18.0 Å². The molecule has 1 amide bonds. The van der Waals surface area contributed by atoms with Crippen LogP contribution >= 0.6 is 0 Å². The first kappa shape index (κ1) is 19.0. The van der Waals surface area contributed by atoms with E-state index < -0.39 is 5.60 Å². The zero-order chi connectivity index (χ0) is 19.8. The Kier molecular flexibility index (Phi) is 4.97. The van der Waals surface area contributed by atoms with Crippen LogP contribution in [0.5, 0.6) is 0 Å². The molecule has 3 rings (SSSR count). The van der Waals surface area contributed by atoms with Gasteiger partial charge < -0.3 is 9.64 Å². The Morgan fingerprint density at radius 2 is 1.93 bits per heavy atom. The number of hydrogen-bond acceptors (Lipinski definition) is 5. The van der Waals surface area contributed by atoms with E-state index in [0.717, 1.165) is 16.6 Å². The highest BCUT2D eigenvalue weighted by atomic mass is 16.6. The van der Waals surface area contributed by atoms with Gasteiger partial charge in [-0.15, -0.1) is 0 Å². The highest BCUT2D eigenvalue weighted by molar-refractivity contribution is 5.92. The van der Waals surface area contributed by atoms with Crippen LogP contribution in [0.1, 0.15) is 40.2 Å². The normalized spacial score (nSPS) is 20.4. The number of anilines is 1. The molecule has 2 aromatic rings. The number of carbonyl (C=O) groups is 1. The average molecular weight is 366 g/mol. The number of benzene rings is 1. The molecular weight excluding hydrogens is 340 g/mol. The van der Waals surface area contributed by atoms with Crippen LogP contribution in [-0.4, -0.2) is 46.8 Å². The third-order valence-corrected chi connectivity index (χ3v) is 4.70. The number of amides is 1. The highest BCUT2D eigenvalue weighted by Crippen LogP contribution is 2.30. The van der Waals surface area contributed by atoms with E-state index >= 15 is 0 Å². The van der Waals surface area contributed by atoms with E-state index in [2.05, 4.69) is 16.0 Å². The molecular formula is C21H26N4O2. The minimum atomic E-state index is -0.511. The lowest BCUT2D eigenvalue weighted by atomic mass is 10.0. The maximum Gasteiger partial charge on any atom is 0.410 e. The topological polar surface area (TPSA) is 69.5 Å². The summed E-state index contributed by atoms with van der Waals surface area (Å²) in [4.78, 5) is 21.1. The lowest BCUT2D eigenvalue weighted by molar-refractivity contribution is 0.00568. The van der Waals surface area contributed by atoms with Gasteiger partial charge in [0.2, 0.25) is 0 Å². The van der Waals surface area contributed by atoms with Crippen LogP contribution in [0.3, 0.4) is 0 Å². The number of ether oxygens (including phenoxy) is 1. The van der Waals surface area contributed by atoms with Crippen molar-refractivity contribution in [3.8, 4) is 6.07 Å². The molecule has 1 saturated heterocycles. The molecule has 0 aliphatic carbocycles. The monoisotopic (exact) mass is 366 g/mol. The summed E-state index contributed by atoms with van der Waals surface area (Å²) in [6.07, 6.45) is 1.33. The maximum absolute atomic E-state index is 12.6. The van der Waals surface area contributed by atoms with Gasteiger partial charge in [0.25, 0.3) is 0 Å². The Morgan fingerprint density at radius 1 is 1.26 bits per heavy atom. The molecule has 6 heteroatoms. The van der Waals surface area contributed by atoms with Gasteiger partial charge >= 0.3 is 6.09 Å². The number of carbonyl (C=O) groups excluding carboxylic acids is 1. The smallest absolute Gasteiger partial charge is 0.410 e. The summed E-state index contributed by atoms with van der Waals surface area (Å²) in [5, 5.41) is 10.2. The summed E-state index contributed by atoms with van der Waals surface area (Å²) >= 11 is 0. The Labute approximate surface area is 160 Å². The molecule has 2 atom stereocenters. The number of nitrogens with zero attached hydrogens (tertiary/aromatic N) is 4. The summed E-state index contributed by atoms with van der Waals surface area (Å²) in [5.74, 6) is 0. The predicted molar refractivity (Wildman–Crippen MR) is 106 cm³/mol. The first-order valence-corrected chi connectivity index (χ1v) is 9.25. The lowest BCUT2D eigenvalue weighted by Gasteiger charge is -2.45. The van der Waals surface area contributed by atoms with E-state index in [1.165, 1.54) is 0 Å². The standard InChI is InChI=1S/C21H26N4O2/c1-14-12-24(13-15(2)25(14)20(26)27-21(3,4)5)19-8-6-7-18-17(19)9-16(10-22)11-23-18/h6-9,11,14-15H,12-13H2,1-5H3/t14-,15+. The number of rotatable bonds is 1. The average Bonchev–Trinajstić information content (AvgIpc) is 2.58. The van der Waals surface area contributed by atoms with Crippen LogP contribution in [0, 0.1) is 11.3 Å². The van der Waals surface area contributed by atoms with Crippen molar-refractivity contribution in [1.82, 2.24) is 9.88 Å². The molecule has 1 aliphatic heterocycles. The number of aromatic nitrogens is 1. The van der Waals surface area contributed by atoms with Crippen LogP contribution in [0.15, 0.2) is 30.5 Å².